The second kappa shape index (κ2) is 4.58. The average molecular weight is 186 g/mol. The van der Waals surface area contributed by atoms with Crippen LogP contribution in [-0.2, 0) is 4.79 Å². The fourth-order valence-electron chi connectivity index (χ4n) is 1.93. The van der Waals surface area contributed by atoms with Crippen LogP contribution >= 0.6 is 0 Å². The summed E-state index contributed by atoms with van der Waals surface area (Å²) < 4.78 is 0. The number of hydroxylamine groups is 1. The van der Waals surface area contributed by atoms with Crippen molar-refractivity contribution in [2.45, 2.75) is 45.2 Å². The lowest BCUT2D eigenvalue weighted by molar-refractivity contribution is -0.137. The minimum absolute atomic E-state index is 0.140. The normalized spacial score (nSPS) is 24.8. The lowest BCUT2D eigenvalue weighted by Crippen LogP contribution is -2.51. The number of hydrogen-bond donors (Lipinski definition) is 2. The molecule has 1 saturated heterocycles. The van der Waals surface area contributed by atoms with E-state index in [9.17, 15) is 4.79 Å². The molecule has 1 atom stereocenters. The van der Waals surface area contributed by atoms with E-state index in [0.29, 0.717) is 6.04 Å². The molecule has 0 radical (unpaired) electrons. The molecule has 0 aromatic heterocycles. The highest BCUT2D eigenvalue weighted by atomic mass is 16.5. The van der Waals surface area contributed by atoms with E-state index in [4.69, 9.17) is 5.21 Å². The van der Waals surface area contributed by atoms with Crippen LogP contribution in [-0.4, -0.2) is 34.6 Å². The van der Waals surface area contributed by atoms with Gasteiger partial charge in [0.2, 0.25) is 0 Å². The Morgan fingerprint density at radius 3 is 2.77 bits per heavy atom. The molecule has 0 aromatic rings. The van der Waals surface area contributed by atoms with Gasteiger partial charge in [0.25, 0.3) is 5.91 Å². The third-order valence-electron chi connectivity index (χ3n) is 2.62. The Labute approximate surface area is 78.9 Å². The molecule has 76 valence electrons. The highest BCUT2D eigenvalue weighted by Crippen LogP contribution is 2.19. The predicted molar refractivity (Wildman–Crippen MR) is 49.4 cm³/mol. The highest BCUT2D eigenvalue weighted by molar-refractivity contribution is 5.80. The number of likely N-dealkylation sites (tertiary alicyclic amines) is 1. The summed E-state index contributed by atoms with van der Waals surface area (Å²) in [7, 11) is 0. The zero-order valence-corrected chi connectivity index (χ0v) is 8.29. The molecule has 2 N–H and O–H groups in total. The number of nitrogens with zero attached hydrogens (tertiary/aromatic N) is 1. The molecule has 13 heavy (non-hydrogen) atoms. The van der Waals surface area contributed by atoms with E-state index >= 15 is 0 Å². The molecule has 4 heteroatoms. The van der Waals surface area contributed by atoms with Gasteiger partial charge in [0, 0.05) is 6.04 Å². The van der Waals surface area contributed by atoms with Crippen LogP contribution in [0.4, 0.5) is 0 Å². The van der Waals surface area contributed by atoms with E-state index < -0.39 is 0 Å². The Hall–Kier alpha value is -0.610. The third-order valence-corrected chi connectivity index (χ3v) is 2.62. The average Bonchev–Trinajstić information content (AvgIpc) is 2.16. The van der Waals surface area contributed by atoms with Gasteiger partial charge in [-0.2, -0.15) is 0 Å². The fourth-order valence-corrected chi connectivity index (χ4v) is 1.93. The fraction of sp³-hybridized carbons (Fsp3) is 0.889. The summed E-state index contributed by atoms with van der Waals surface area (Å²) in [5, 5.41) is 8.56. The summed E-state index contributed by atoms with van der Waals surface area (Å²) in [6.07, 6.45) is 3.07. The van der Waals surface area contributed by atoms with Crippen LogP contribution in [0.25, 0.3) is 0 Å². The molecule has 4 nitrogen and oxygen atoms in total. The summed E-state index contributed by atoms with van der Waals surface area (Å²) in [5.74, 6) is -0.270. The standard InChI is InChI=1S/C9H18N2O2/c1-7(2)11-6-4-3-5-8(11)9(12)10-13/h7-8,13H,3-6H2,1-2H3,(H,10,12). The van der Waals surface area contributed by atoms with Crippen LogP contribution in [0.1, 0.15) is 33.1 Å². The van der Waals surface area contributed by atoms with E-state index in [-0.39, 0.29) is 11.9 Å². The summed E-state index contributed by atoms with van der Waals surface area (Å²) >= 11 is 0. The van der Waals surface area contributed by atoms with Crippen molar-refractivity contribution in [3.63, 3.8) is 0 Å². The van der Waals surface area contributed by atoms with Gasteiger partial charge in [-0.1, -0.05) is 6.42 Å². The molecule has 1 heterocycles. The largest absolute Gasteiger partial charge is 0.289 e. The molecule has 0 spiro atoms. The first-order valence-corrected chi connectivity index (χ1v) is 4.86. The van der Waals surface area contributed by atoms with Crippen LogP contribution in [0, 0.1) is 0 Å². The number of rotatable bonds is 2. The van der Waals surface area contributed by atoms with Crippen molar-refractivity contribution in [3.05, 3.63) is 0 Å². The van der Waals surface area contributed by atoms with E-state index in [1.807, 2.05) is 0 Å². The van der Waals surface area contributed by atoms with Crippen LogP contribution in [0.3, 0.4) is 0 Å². The van der Waals surface area contributed by atoms with Gasteiger partial charge < -0.3 is 0 Å². The third kappa shape index (κ3) is 2.42. The van der Waals surface area contributed by atoms with Gasteiger partial charge in [0.15, 0.2) is 0 Å². The van der Waals surface area contributed by atoms with Gasteiger partial charge in [0.05, 0.1) is 6.04 Å². The van der Waals surface area contributed by atoms with Crippen molar-refractivity contribution >= 4 is 5.91 Å². The van der Waals surface area contributed by atoms with Gasteiger partial charge >= 0.3 is 0 Å². The van der Waals surface area contributed by atoms with Crippen LogP contribution in [0.5, 0.6) is 0 Å². The zero-order chi connectivity index (χ0) is 9.84. The number of carbonyl (C=O) groups is 1. The topological polar surface area (TPSA) is 52.6 Å². The first-order chi connectivity index (χ1) is 6.16. The van der Waals surface area contributed by atoms with Crippen LogP contribution < -0.4 is 5.48 Å². The predicted octanol–water partition coefficient (Wildman–Crippen LogP) is 0.755. The van der Waals surface area contributed by atoms with Gasteiger partial charge in [-0.05, 0) is 33.2 Å². The van der Waals surface area contributed by atoms with E-state index in [1.165, 1.54) is 0 Å². The number of amides is 1. The van der Waals surface area contributed by atoms with Crippen molar-refractivity contribution in [2.24, 2.45) is 0 Å². The van der Waals surface area contributed by atoms with E-state index in [1.54, 1.807) is 5.48 Å². The van der Waals surface area contributed by atoms with E-state index in [2.05, 4.69) is 18.7 Å². The molecule has 1 rings (SSSR count). The Bertz CT molecular complexity index is 182. The molecule has 1 aliphatic rings. The van der Waals surface area contributed by atoms with Crippen molar-refractivity contribution in [2.75, 3.05) is 6.54 Å². The molecule has 0 aromatic carbocycles. The van der Waals surface area contributed by atoms with Gasteiger partial charge in [-0.15, -0.1) is 0 Å². The minimum atomic E-state index is -0.270. The Morgan fingerprint density at radius 1 is 1.54 bits per heavy atom. The quantitative estimate of drug-likeness (QED) is 0.494. The maximum atomic E-state index is 11.3. The lowest BCUT2D eigenvalue weighted by Gasteiger charge is -2.36. The van der Waals surface area contributed by atoms with Crippen molar-refractivity contribution < 1.29 is 10.0 Å². The molecule has 1 fully saturated rings. The Balaban J connectivity index is 2.61. The maximum Gasteiger partial charge on any atom is 0.260 e. The number of carbonyl (C=O) groups excluding carboxylic acids is 1. The summed E-state index contributed by atoms with van der Waals surface area (Å²) in [4.78, 5) is 13.4. The molecular weight excluding hydrogens is 168 g/mol. The minimum Gasteiger partial charge on any atom is -0.289 e. The molecule has 0 saturated carbocycles. The first-order valence-electron chi connectivity index (χ1n) is 4.86. The number of nitrogens with one attached hydrogen (secondary N) is 1. The monoisotopic (exact) mass is 186 g/mol. The summed E-state index contributed by atoms with van der Waals surface area (Å²) in [5.41, 5.74) is 1.74. The van der Waals surface area contributed by atoms with Crippen molar-refractivity contribution in [1.29, 1.82) is 0 Å². The number of hydrogen-bond acceptors (Lipinski definition) is 3. The molecule has 0 bridgehead atoms. The van der Waals surface area contributed by atoms with Crippen LogP contribution in [0.15, 0.2) is 0 Å². The SMILES string of the molecule is CC(C)N1CCCCC1C(=O)NO. The van der Waals surface area contributed by atoms with Gasteiger partial charge in [0.1, 0.15) is 0 Å². The van der Waals surface area contributed by atoms with Crippen molar-refractivity contribution in [3.8, 4) is 0 Å². The summed E-state index contributed by atoms with van der Waals surface area (Å²) in [6.45, 7) is 5.10. The van der Waals surface area contributed by atoms with Crippen LogP contribution in [0.2, 0.25) is 0 Å². The smallest absolute Gasteiger partial charge is 0.260 e. The van der Waals surface area contributed by atoms with E-state index in [0.717, 1.165) is 25.8 Å². The second-order valence-electron chi connectivity index (χ2n) is 3.82. The molecule has 1 aliphatic heterocycles. The molecule has 1 unspecified atom stereocenters. The zero-order valence-electron chi connectivity index (χ0n) is 8.29. The molecular formula is C9H18N2O2. The van der Waals surface area contributed by atoms with Gasteiger partial charge in [-0.3, -0.25) is 14.9 Å². The highest BCUT2D eigenvalue weighted by Gasteiger charge is 2.29. The summed E-state index contributed by atoms with van der Waals surface area (Å²) in [6, 6.07) is 0.223. The lowest BCUT2D eigenvalue weighted by atomic mass is 10.00. The van der Waals surface area contributed by atoms with Gasteiger partial charge in [-0.25, -0.2) is 5.48 Å². The Morgan fingerprint density at radius 2 is 2.23 bits per heavy atom. The first kappa shape index (κ1) is 10.5. The Kier molecular flexibility index (Phi) is 3.69. The second-order valence-corrected chi connectivity index (χ2v) is 3.82. The van der Waals surface area contributed by atoms with Crippen molar-refractivity contribution in [1.82, 2.24) is 10.4 Å². The molecule has 0 aliphatic carbocycles. The number of piperidine rings is 1. The molecule has 1 amide bonds. The maximum absolute atomic E-state index is 11.3.